The number of pyridine rings is 1. The molecule has 2 atom stereocenters. The van der Waals surface area contributed by atoms with Crippen LogP contribution in [0, 0.1) is 6.92 Å². The Kier molecular flexibility index (Phi) is 7.43. The quantitative estimate of drug-likeness (QED) is 0.281. The second-order valence-electron chi connectivity index (χ2n) is 8.27. The Morgan fingerprint density at radius 2 is 1.79 bits per heavy atom. The molecule has 0 aliphatic carbocycles. The molecule has 0 aliphatic rings. The maximum absolute atomic E-state index is 13.4. The Bertz CT molecular complexity index is 1340. The molecule has 34 heavy (non-hydrogen) atoms. The monoisotopic (exact) mass is 472 g/mol. The van der Waals surface area contributed by atoms with E-state index in [1.807, 2.05) is 68.4 Å². The number of aromatic nitrogens is 3. The molecule has 2 heterocycles. The zero-order chi connectivity index (χ0) is 24.1. The van der Waals surface area contributed by atoms with Crippen LogP contribution in [0.4, 0.5) is 0 Å². The molecule has 0 fully saturated rings. The fraction of sp³-hybridized carbons (Fsp3) is 0.259. The number of hydrogen-bond acceptors (Lipinski definition) is 5. The zero-order valence-corrected chi connectivity index (χ0v) is 20.4. The first kappa shape index (κ1) is 23.7. The standard InChI is InChI=1S/C27H28N4O2S/c1-4-10-22(20-11-6-5-7-12-20)29-25(32)19(3)34-27-30-23-14-9-8-13-21(23)26(33)31(27)24-16-15-18(2)17-28-24/h5-9,11-17,19,22H,4,10H2,1-3H3,(H,29,32). The topological polar surface area (TPSA) is 76.9 Å². The van der Waals surface area contributed by atoms with Crippen molar-refractivity contribution in [3.8, 4) is 5.82 Å². The first-order valence-electron chi connectivity index (χ1n) is 11.4. The molecule has 0 saturated carbocycles. The van der Waals surface area contributed by atoms with Crippen LogP contribution in [0.25, 0.3) is 16.7 Å². The maximum atomic E-state index is 13.4. The SMILES string of the molecule is CCCC(NC(=O)C(C)Sc1nc2ccccc2c(=O)n1-c1ccc(C)cn1)c1ccccc1. The fourth-order valence-corrected chi connectivity index (χ4v) is 4.71. The molecule has 174 valence electrons. The van der Waals surface area contributed by atoms with Crippen molar-refractivity contribution in [1.29, 1.82) is 0 Å². The van der Waals surface area contributed by atoms with E-state index in [1.165, 1.54) is 16.3 Å². The smallest absolute Gasteiger partial charge is 0.267 e. The lowest BCUT2D eigenvalue weighted by Gasteiger charge is -2.21. The second kappa shape index (κ2) is 10.7. The highest BCUT2D eigenvalue weighted by molar-refractivity contribution is 8.00. The van der Waals surface area contributed by atoms with Crippen molar-refractivity contribution in [3.63, 3.8) is 0 Å². The van der Waals surface area contributed by atoms with E-state index in [1.54, 1.807) is 18.3 Å². The minimum absolute atomic E-state index is 0.0627. The van der Waals surface area contributed by atoms with E-state index in [9.17, 15) is 9.59 Å². The number of hydrogen-bond donors (Lipinski definition) is 1. The molecule has 4 aromatic rings. The van der Waals surface area contributed by atoms with Crippen LogP contribution in [0.1, 0.15) is 43.9 Å². The number of benzene rings is 2. The molecule has 1 N–H and O–H groups in total. The minimum atomic E-state index is -0.465. The Morgan fingerprint density at radius 1 is 1.06 bits per heavy atom. The summed E-state index contributed by atoms with van der Waals surface area (Å²) in [6.45, 7) is 5.88. The van der Waals surface area contributed by atoms with Crippen molar-refractivity contribution in [1.82, 2.24) is 19.9 Å². The molecule has 0 bridgehead atoms. The van der Waals surface area contributed by atoms with Crippen LogP contribution in [0.15, 0.2) is 82.9 Å². The van der Waals surface area contributed by atoms with Crippen LogP contribution in [0.2, 0.25) is 0 Å². The van der Waals surface area contributed by atoms with Crippen LogP contribution >= 0.6 is 11.8 Å². The molecular weight excluding hydrogens is 444 g/mol. The van der Waals surface area contributed by atoms with Gasteiger partial charge in [-0.05, 0) is 49.6 Å². The van der Waals surface area contributed by atoms with Crippen LogP contribution in [0.5, 0.6) is 0 Å². The van der Waals surface area contributed by atoms with Gasteiger partial charge in [0, 0.05) is 6.20 Å². The van der Waals surface area contributed by atoms with Crippen LogP contribution in [0.3, 0.4) is 0 Å². The van der Waals surface area contributed by atoms with Crippen molar-refractivity contribution < 1.29 is 4.79 Å². The van der Waals surface area contributed by atoms with Crippen molar-refractivity contribution in [2.75, 3.05) is 0 Å². The second-order valence-corrected chi connectivity index (χ2v) is 9.57. The predicted molar refractivity (Wildman–Crippen MR) is 137 cm³/mol. The molecule has 0 radical (unpaired) electrons. The van der Waals surface area contributed by atoms with Gasteiger partial charge in [-0.3, -0.25) is 9.59 Å². The van der Waals surface area contributed by atoms with Gasteiger partial charge < -0.3 is 5.32 Å². The third-order valence-electron chi connectivity index (χ3n) is 5.62. The first-order chi connectivity index (χ1) is 16.5. The van der Waals surface area contributed by atoms with Crippen molar-refractivity contribution in [3.05, 3.63) is 94.4 Å². The number of para-hydroxylation sites is 1. The average Bonchev–Trinajstić information content (AvgIpc) is 2.85. The predicted octanol–water partition coefficient (Wildman–Crippen LogP) is 5.23. The minimum Gasteiger partial charge on any atom is -0.348 e. The molecule has 2 aromatic carbocycles. The molecule has 7 heteroatoms. The molecular formula is C27H28N4O2S. The molecule has 4 rings (SSSR count). The molecule has 6 nitrogen and oxygen atoms in total. The van der Waals surface area contributed by atoms with Gasteiger partial charge in [-0.15, -0.1) is 0 Å². The van der Waals surface area contributed by atoms with E-state index >= 15 is 0 Å². The Morgan fingerprint density at radius 3 is 2.50 bits per heavy atom. The highest BCUT2D eigenvalue weighted by Gasteiger charge is 2.23. The van der Waals surface area contributed by atoms with Gasteiger partial charge in [0.1, 0.15) is 5.82 Å². The number of carbonyl (C=O) groups is 1. The summed E-state index contributed by atoms with van der Waals surface area (Å²) in [5.41, 5.74) is 2.47. The van der Waals surface area contributed by atoms with Crippen molar-refractivity contribution in [2.45, 2.75) is 50.1 Å². The van der Waals surface area contributed by atoms with Gasteiger partial charge in [-0.2, -0.15) is 0 Å². The number of aryl methyl sites for hydroxylation is 1. The molecule has 0 aliphatic heterocycles. The molecule has 1 amide bonds. The Balaban J connectivity index is 1.66. The number of nitrogens with one attached hydrogen (secondary N) is 1. The van der Waals surface area contributed by atoms with Crippen molar-refractivity contribution in [2.24, 2.45) is 0 Å². The van der Waals surface area contributed by atoms with Gasteiger partial charge >= 0.3 is 0 Å². The number of rotatable bonds is 8. The zero-order valence-electron chi connectivity index (χ0n) is 19.6. The lowest BCUT2D eigenvalue weighted by molar-refractivity contribution is -0.121. The summed E-state index contributed by atoms with van der Waals surface area (Å²) < 4.78 is 1.50. The van der Waals surface area contributed by atoms with Crippen LogP contribution in [-0.4, -0.2) is 25.7 Å². The summed E-state index contributed by atoms with van der Waals surface area (Å²) in [6, 6.07) is 20.9. The van der Waals surface area contributed by atoms with E-state index in [2.05, 4.69) is 17.2 Å². The summed E-state index contributed by atoms with van der Waals surface area (Å²) in [5.74, 6) is 0.384. The lowest BCUT2D eigenvalue weighted by atomic mass is 10.0. The van der Waals surface area contributed by atoms with Gasteiger partial charge in [0.25, 0.3) is 5.56 Å². The fourth-order valence-electron chi connectivity index (χ4n) is 3.78. The van der Waals surface area contributed by atoms with E-state index in [4.69, 9.17) is 4.98 Å². The number of carbonyl (C=O) groups excluding carboxylic acids is 1. The summed E-state index contributed by atoms with van der Waals surface area (Å²) in [6.07, 6.45) is 3.52. The van der Waals surface area contributed by atoms with Gasteiger partial charge in [0.05, 0.1) is 22.2 Å². The van der Waals surface area contributed by atoms with Crippen molar-refractivity contribution >= 4 is 28.6 Å². The van der Waals surface area contributed by atoms with Crippen LogP contribution < -0.4 is 10.9 Å². The molecule has 2 aromatic heterocycles. The van der Waals surface area contributed by atoms with E-state index in [-0.39, 0.29) is 17.5 Å². The number of thioether (sulfide) groups is 1. The summed E-state index contributed by atoms with van der Waals surface area (Å²) in [7, 11) is 0. The summed E-state index contributed by atoms with van der Waals surface area (Å²) >= 11 is 1.26. The van der Waals surface area contributed by atoms with Gasteiger partial charge in [-0.25, -0.2) is 14.5 Å². The van der Waals surface area contributed by atoms with E-state index in [0.717, 1.165) is 24.0 Å². The molecule has 0 spiro atoms. The van der Waals surface area contributed by atoms with Gasteiger partial charge in [0.2, 0.25) is 5.91 Å². The molecule has 0 saturated heterocycles. The highest BCUT2D eigenvalue weighted by Crippen LogP contribution is 2.26. The van der Waals surface area contributed by atoms with E-state index in [0.29, 0.717) is 21.9 Å². The van der Waals surface area contributed by atoms with Crippen LogP contribution in [-0.2, 0) is 4.79 Å². The van der Waals surface area contributed by atoms with E-state index < -0.39 is 5.25 Å². The Hall–Kier alpha value is -3.45. The summed E-state index contributed by atoms with van der Waals surface area (Å²) in [5, 5.41) is 3.67. The average molecular weight is 473 g/mol. The molecule has 2 unspecified atom stereocenters. The summed E-state index contributed by atoms with van der Waals surface area (Å²) in [4.78, 5) is 35.8. The number of amides is 1. The Labute approximate surface area is 203 Å². The largest absolute Gasteiger partial charge is 0.348 e. The van der Waals surface area contributed by atoms with Gasteiger partial charge in [-0.1, -0.05) is 73.6 Å². The van der Waals surface area contributed by atoms with Gasteiger partial charge in [0.15, 0.2) is 5.16 Å². The normalized spacial score (nSPS) is 12.9. The lowest BCUT2D eigenvalue weighted by Crippen LogP contribution is -2.35. The number of fused-ring (bicyclic) bond motifs is 1. The third-order valence-corrected chi connectivity index (χ3v) is 6.67. The number of nitrogens with zero attached hydrogens (tertiary/aromatic N) is 3. The highest BCUT2D eigenvalue weighted by atomic mass is 32.2. The first-order valence-corrected chi connectivity index (χ1v) is 12.3. The maximum Gasteiger partial charge on any atom is 0.267 e. The third kappa shape index (κ3) is 5.20.